The quantitative estimate of drug-likeness (QED) is 0.416. The highest BCUT2D eigenvalue weighted by molar-refractivity contribution is 6.08. The smallest absolute Gasteiger partial charge is 0.124 e. The summed E-state index contributed by atoms with van der Waals surface area (Å²) in [5.74, 6) is 0.968. The molecule has 3 rings (SSSR count). The predicted octanol–water partition coefficient (Wildman–Crippen LogP) is 5.21. The maximum atomic E-state index is 6.11. The number of fused-ring (bicyclic) bond motifs is 3. The van der Waals surface area contributed by atoms with Crippen molar-refractivity contribution in [1.82, 2.24) is 10.3 Å². The first-order chi connectivity index (χ1) is 12.2. The number of rotatable bonds is 9. The number of aromatic amines is 1. The summed E-state index contributed by atoms with van der Waals surface area (Å²) in [5.41, 5.74) is 3.53. The number of hydrogen-bond acceptors (Lipinski definition) is 2. The summed E-state index contributed by atoms with van der Waals surface area (Å²) >= 11 is 0. The van der Waals surface area contributed by atoms with Crippen molar-refractivity contribution < 1.29 is 4.74 Å². The zero-order chi connectivity index (χ0) is 17.6. The summed E-state index contributed by atoms with van der Waals surface area (Å²) in [6.07, 6.45) is 4.93. The first kappa shape index (κ1) is 17.6. The fraction of sp³-hybridized carbons (Fsp3) is 0.364. The van der Waals surface area contributed by atoms with Crippen molar-refractivity contribution in [2.24, 2.45) is 0 Å². The lowest BCUT2D eigenvalue weighted by atomic mass is 10.1. The number of benzene rings is 2. The molecule has 0 saturated carbocycles. The van der Waals surface area contributed by atoms with Gasteiger partial charge in [-0.1, -0.05) is 38.1 Å². The molecule has 0 radical (unpaired) electrons. The second kappa shape index (κ2) is 8.21. The van der Waals surface area contributed by atoms with Crippen LogP contribution >= 0.6 is 0 Å². The number of allylic oxidation sites excluding steroid dienone is 1. The molecule has 2 aromatic carbocycles. The Morgan fingerprint density at radius 2 is 1.96 bits per heavy atom. The van der Waals surface area contributed by atoms with Crippen LogP contribution in [-0.4, -0.2) is 24.2 Å². The van der Waals surface area contributed by atoms with Crippen LogP contribution in [0.25, 0.3) is 21.8 Å². The molecule has 0 saturated heterocycles. The minimum absolute atomic E-state index is 0.546. The number of nitrogens with one attached hydrogen (secondary N) is 2. The Labute approximate surface area is 150 Å². The van der Waals surface area contributed by atoms with Crippen LogP contribution in [0.1, 0.15) is 32.3 Å². The Hall–Kier alpha value is -2.26. The number of H-pyrrole nitrogens is 1. The molecule has 2 N–H and O–H groups in total. The van der Waals surface area contributed by atoms with Crippen LogP contribution in [-0.2, 0) is 6.42 Å². The summed E-state index contributed by atoms with van der Waals surface area (Å²) in [6, 6.07) is 13.2. The van der Waals surface area contributed by atoms with E-state index in [1.165, 1.54) is 27.4 Å². The van der Waals surface area contributed by atoms with Gasteiger partial charge >= 0.3 is 0 Å². The lowest BCUT2D eigenvalue weighted by molar-refractivity contribution is 0.303. The first-order valence-electron chi connectivity index (χ1n) is 9.20. The molecule has 132 valence electrons. The van der Waals surface area contributed by atoms with Gasteiger partial charge in [0.1, 0.15) is 5.75 Å². The van der Waals surface area contributed by atoms with Crippen LogP contribution in [0.5, 0.6) is 5.75 Å². The molecule has 0 aliphatic rings. The molecule has 0 aliphatic carbocycles. The lowest BCUT2D eigenvalue weighted by Gasteiger charge is -2.12. The van der Waals surface area contributed by atoms with E-state index < -0.39 is 0 Å². The Bertz CT molecular complexity index is 848. The third-order valence-electron chi connectivity index (χ3n) is 4.48. The van der Waals surface area contributed by atoms with Crippen LogP contribution in [0.2, 0.25) is 0 Å². The third-order valence-corrected chi connectivity index (χ3v) is 4.48. The molecular weight excluding hydrogens is 308 g/mol. The van der Waals surface area contributed by atoms with Crippen LogP contribution in [0.4, 0.5) is 0 Å². The lowest BCUT2D eigenvalue weighted by Crippen LogP contribution is -2.23. The third kappa shape index (κ3) is 4.05. The van der Waals surface area contributed by atoms with Gasteiger partial charge in [0.2, 0.25) is 0 Å². The average Bonchev–Trinajstić information content (AvgIpc) is 2.98. The number of unbranched alkanes of at least 4 members (excludes halogenated alkanes) is 1. The van der Waals surface area contributed by atoms with E-state index in [-0.39, 0.29) is 0 Å². The van der Waals surface area contributed by atoms with Gasteiger partial charge in [0.15, 0.2) is 0 Å². The van der Waals surface area contributed by atoms with Gasteiger partial charge in [-0.3, -0.25) is 0 Å². The molecule has 0 bridgehead atoms. The molecule has 0 atom stereocenters. The van der Waals surface area contributed by atoms with Crippen LogP contribution in [0.15, 0.2) is 49.1 Å². The first-order valence-corrected chi connectivity index (χ1v) is 9.20. The normalized spacial score (nSPS) is 11.5. The van der Waals surface area contributed by atoms with E-state index in [2.05, 4.69) is 67.1 Å². The standard InChI is InChI=1S/C22H28N2O/c1-4-9-19-21(25-15-8-7-14-23-16(2)3)13-12-18-17-10-5-6-11-20(17)24-22(18)19/h4-6,10-13,16,23-24H,1,7-9,14-15H2,2-3H3. The van der Waals surface area contributed by atoms with Crippen LogP contribution < -0.4 is 10.1 Å². The largest absolute Gasteiger partial charge is 0.493 e. The molecular formula is C22H28N2O. The van der Waals surface area contributed by atoms with Crippen molar-refractivity contribution in [2.75, 3.05) is 13.2 Å². The van der Waals surface area contributed by atoms with Gasteiger partial charge in [0.25, 0.3) is 0 Å². The average molecular weight is 336 g/mol. The number of aromatic nitrogens is 1. The topological polar surface area (TPSA) is 37.0 Å². The molecule has 0 amide bonds. The van der Waals surface area contributed by atoms with Gasteiger partial charge < -0.3 is 15.0 Å². The molecule has 3 heteroatoms. The zero-order valence-electron chi connectivity index (χ0n) is 15.3. The Morgan fingerprint density at radius 1 is 1.12 bits per heavy atom. The van der Waals surface area contributed by atoms with Crippen molar-refractivity contribution in [1.29, 1.82) is 0 Å². The zero-order valence-corrected chi connectivity index (χ0v) is 15.3. The number of para-hydroxylation sites is 1. The second-order valence-electron chi connectivity index (χ2n) is 6.79. The van der Waals surface area contributed by atoms with Gasteiger partial charge in [0, 0.05) is 27.9 Å². The van der Waals surface area contributed by atoms with E-state index in [1.807, 2.05) is 6.08 Å². The maximum absolute atomic E-state index is 6.11. The molecule has 0 unspecified atom stereocenters. The van der Waals surface area contributed by atoms with Gasteiger partial charge in [0.05, 0.1) is 12.1 Å². The minimum atomic E-state index is 0.546. The fourth-order valence-electron chi connectivity index (χ4n) is 3.24. The summed E-state index contributed by atoms with van der Waals surface area (Å²) in [7, 11) is 0. The highest BCUT2D eigenvalue weighted by Crippen LogP contribution is 2.33. The molecule has 3 nitrogen and oxygen atoms in total. The highest BCUT2D eigenvalue weighted by Gasteiger charge is 2.12. The monoisotopic (exact) mass is 336 g/mol. The number of ether oxygens (including phenoxy) is 1. The number of hydrogen-bond donors (Lipinski definition) is 2. The van der Waals surface area contributed by atoms with E-state index >= 15 is 0 Å². The maximum Gasteiger partial charge on any atom is 0.124 e. The highest BCUT2D eigenvalue weighted by atomic mass is 16.5. The predicted molar refractivity (Wildman–Crippen MR) is 108 cm³/mol. The van der Waals surface area contributed by atoms with Crippen molar-refractivity contribution in [2.45, 2.75) is 39.2 Å². The van der Waals surface area contributed by atoms with Gasteiger partial charge in [-0.05, 0) is 44.0 Å². The molecule has 1 aromatic heterocycles. The van der Waals surface area contributed by atoms with Gasteiger partial charge in [-0.25, -0.2) is 0 Å². The molecule has 0 spiro atoms. The summed E-state index contributed by atoms with van der Waals surface area (Å²) in [5, 5.41) is 5.95. The van der Waals surface area contributed by atoms with E-state index in [0.29, 0.717) is 6.04 Å². The molecule has 25 heavy (non-hydrogen) atoms. The van der Waals surface area contributed by atoms with Crippen molar-refractivity contribution >= 4 is 21.8 Å². The minimum Gasteiger partial charge on any atom is -0.493 e. The van der Waals surface area contributed by atoms with E-state index in [9.17, 15) is 0 Å². The van der Waals surface area contributed by atoms with Gasteiger partial charge in [-0.2, -0.15) is 0 Å². The van der Waals surface area contributed by atoms with Crippen LogP contribution in [0, 0.1) is 0 Å². The van der Waals surface area contributed by atoms with E-state index in [0.717, 1.165) is 38.2 Å². The summed E-state index contributed by atoms with van der Waals surface area (Å²) in [6.45, 7) is 10.1. The fourth-order valence-corrected chi connectivity index (χ4v) is 3.24. The van der Waals surface area contributed by atoms with Crippen molar-refractivity contribution in [3.63, 3.8) is 0 Å². The van der Waals surface area contributed by atoms with Crippen molar-refractivity contribution in [3.05, 3.63) is 54.6 Å². The van der Waals surface area contributed by atoms with Gasteiger partial charge in [-0.15, -0.1) is 6.58 Å². The SMILES string of the molecule is C=CCc1c(OCCCCNC(C)C)ccc2c1[nH]c1ccccc12. The molecule has 1 heterocycles. The molecule has 3 aromatic rings. The molecule has 0 aliphatic heterocycles. The Balaban J connectivity index is 1.77. The van der Waals surface area contributed by atoms with Crippen LogP contribution in [0.3, 0.4) is 0 Å². The second-order valence-corrected chi connectivity index (χ2v) is 6.79. The Kier molecular flexibility index (Phi) is 5.77. The van der Waals surface area contributed by atoms with E-state index in [4.69, 9.17) is 4.74 Å². The summed E-state index contributed by atoms with van der Waals surface area (Å²) in [4.78, 5) is 3.56. The van der Waals surface area contributed by atoms with Crippen molar-refractivity contribution in [3.8, 4) is 5.75 Å². The Morgan fingerprint density at radius 3 is 2.76 bits per heavy atom. The molecule has 0 fully saturated rings. The van der Waals surface area contributed by atoms with E-state index in [1.54, 1.807) is 0 Å². The summed E-state index contributed by atoms with van der Waals surface area (Å²) < 4.78 is 6.11.